The fourth-order valence-electron chi connectivity index (χ4n) is 4.87. The normalized spacial score (nSPS) is 15.5. The molecule has 0 aliphatic heterocycles. The van der Waals surface area contributed by atoms with E-state index in [9.17, 15) is 9.18 Å². The molecule has 1 aromatic heterocycles. The number of hydrogen-bond donors (Lipinski definition) is 0. The Hall–Kier alpha value is -3.47. The van der Waals surface area contributed by atoms with E-state index in [1.165, 1.54) is 28.5 Å². The van der Waals surface area contributed by atoms with Gasteiger partial charge in [-0.2, -0.15) is 5.10 Å². The first-order valence-electron chi connectivity index (χ1n) is 11.2. The SMILES string of the molecule is CCOC(=O)c1nn(-c2ccc(F)cc2)c2c1CCCC2Cc1cccc2ccccc12. The first kappa shape index (κ1) is 20.4. The van der Waals surface area contributed by atoms with Gasteiger partial charge < -0.3 is 4.74 Å². The van der Waals surface area contributed by atoms with Crippen LogP contribution in [0.4, 0.5) is 4.39 Å². The standard InChI is InChI=1S/C27H25FN2O2/c1-2-32-27(31)25-24-12-6-10-20(17-19-9-5-8-18-7-3-4-11-23(18)19)26(24)30(29-25)22-15-13-21(28)14-16-22/h3-5,7-9,11,13-16,20H,2,6,10,12,17H2,1H3. The van der Waals surface area contributed by atoms with Crippen LogP contribution in [-0.2, 0) is 17.6 Å². The number of benzene rings is 3. The fourth-order valence-corrected chi connectivity index (χ4v) is 4.87. The third kappa shape index (κ3) is 3.68. The number of aromatic nitrogens is 2. The van der Waals surface area contributed by atoms with Gasteiger partial charge in [-0.3, -0.25) is 0 Å². The summed E-state index contributed by atoms with van der Waals surface area (Å²) in [5.41, 5.74) is 4.42. The van der Waals surface area contributed by atoms with Crippen LogP contribution in [0.5, 0.6) is 0 Å². The van der Waals surface area contributed by atoms with Gasteiger partial charge in [0.2, 0.25) is 0 Å². The van der Waals surface area contributed by atoms with E-state index in [4.69, 9.17) is 4.74 Å². The maximum atomic E-state index is 13.6. The number of ether oxygens (including phenoxy) is 1. The lowest BCUT2D eigenvalue weighted by Crippen LogP contribution is -2.17. The molecule has 0 bridgehead atoms. The summed E-state index contributed by atoms with van der Waals surface area (Å²) in [5, 5.41) is 7.16. The lowest BCUT2D eigenvalue weighted by molar-refractivity contribution is 0.0517. The third-order valence-corrected chi connectivity index (χ3v) is 6.28. The number of esters is 1. The predicted molar refractivity (Wildman–Crippen MR) is 123 cm³/mol. The van der Waals surface area contributed by atoms with Crippen LogP contribution >= 0.6 is 0 Å². The minimum Gasteiger partial charge on any atom is -0.461 e. The summed E-state index contributed by atoms with van der Waals surface area (Å²) in [4.78, 5) is 12.7. The zero-order chi connectivity index (χ0) is 22.1. The van der Waals surface area contributed by atoms with E-state index in [0.29, 0.717) is 12.3 Å². The lowest BCUT2D eigenvalue weighted by atomic mass is 9.82. The van der Waals surface area contributed by atoms with Gasteiger partial charge in [-0.1, -0.05) is 42.5 Å². The Morgan fingerprint density at radius 1 is 1.09 bits per heavy atom. The molecule has 32 heavy (non-hydrogen) atoms. The van der Waals surface area contributed by atoms with E-state index in [1.54, 1.807) is 19.1 Å². The number of fused-ring (bicyclic) bond motifs is 2. The maximum absolute atomic E-state index is 13.6. The number of halogens is 1. The number of rotatable bonds is 5. The zero-order valence-electron chi connectivity index (χ0n) is 18.1. The molecule has 0 amide bonds. The van der Waals surface area contributed by atoms with Gasteiger partial charge in [-0.05, 0) is 73.2 Å². The van der Waals surface area contributed by atoms with Gasteiger partial charge >= 0.3 is 5.97 Å². The highest BCUT2D eigenvalue weighted by Crippen LogP contribution is 2.38. The molecule has 1 aliphatic rings. The second-order valence-corrected chi connectivity index (χ2v) is 8.25. The molecule has 0 N–H and O–H groups in total. The van der Waals surface area contributed by atoms with E-state index < -0.39 is 5.97 Å². The van der Waals surface area contributed by atoms with Crippen LogP contribution < -0.4 is 0 Å². The van der Waals surface area contributed by atoms with Gasteiger partial charge in [0.25, 0.3) is 0 Å². The van der Waals surface area contributed by atoms with E-state index in [-0.39, 0.29) is 11.7 Å². The van der Waals surface area contributed by atoms with Gasteiger partial charge in [0.1, 0.15) is 5.82 Å². The summed E-state index contributed by atoms with van der Waals surface area (Å²) in [6.45, 7) is 2.10. The monoisotopic (exact) mass is 428 g/mol. The summed E-state index contributed by atoms with van der Waals surface area (Å²) in [6, 6.07) is 21.1. The molecule has 1 unspecified atom stereocenters. The van der Waals surface area contributed by atoms with Crippen molar-refractivity contribution in [3.8, 4) is 5.69 Å². The number of carbonyl (C=O) groups is 1. The zero-order valence-corrected chi connectivity index (χ0v) is 18.1. The molecule has 1 atom stereocenters. The van der Waals surface area contributed by atoms with Crippen LogP contribution in [0.2, 0.25) is 0 Å². The van der Waals surface area contributed by atoms with Crippen molar-refractivity contribution in [3.63, 3.8) is 0 Å². The van der Waals surface area contributed by atoms with Crippen molar-refractivity contribution in [2.75, 3.05) is 6.61 Å². The minimum atomic E-state index is -0.393. The largest absolute Gasteiger partial charge is 0.461 e. The van der Waals surface area contributed by atoms with Crippen molar-refractivity contribution in [2.45, 2.75) is 38.5 Å². The summed E-state index contributed by atoms with van der Waals surface area (Å²) >= 11 is 0. The first-order chi connectivity index (χ1) is 15.7. The molecule has 1 heterocycles. The molecular weight excluding hydrogens is 403 g/mol. The van der Waals surface area contributed by atoms with Gasteiger partial charge in [0, 0.05) is 11.5 Å². The van der Waals surface area contributed by atoms with Crippen LogP contribution in [0.25, 0.3) is 16.5 Å². The second-order valence-electron chi connectivity index (χ2n) is 8.25. The topological polar surface area (TPSA) is 44.1 Å². The van der Waals surface area contributed by atoms with Crippen LogP contribution in [0.15, 0.2) is 66.7 Å². The van der Waals surface area contributed by atoms with Crippen LogP contribution in [-0.4, -0.2) is 22.4 Å². The maximum Gasteiger partial charge on any atom is 0.359 e. The van der Waals surface area contributed by atoms with Gasteiger partial charge in [0.15, 0.2) is 5.69 Å². The summed E-state index contributed by atoms with van der Waals surface area (Å²) in [5.74, 6) is -0.492. The quantitative estimate of drug-likeness (QED) is 0.366. The van der Waals surface area contributed by atoms with Crippen molar-refractivity contribution in [1.82, 2.24) is 9.78 Å². The molecule has 0 fully saturated rings. The summed E-state index contributed by atoms with van der Waals surface area (Å²) in [6.07, 6.45) is 3.63. The van der Waals surface area contributed by atoms with Gasteiger partial charge in [-0.25, -0.2) is 13.9 Å². The Balaban J connectivity index is 1.62. The molecule has 1 aliphatic carbocycles. The van der Waals surface area contributed by atoms with Crippen molar-refractivity contribution < 1.29 is 13.9 Å². The van der Waals surface area contributed by atoms with Gasteiger partial charge in [0.05, 0.1) is 18.0 Å². The number of carbonyl (C=O) groups excluding carboxylic acids is 1. The number of nitrogens with zero attached hydrogens (tertiary/aromatic N) is 2. The van der Waals surface area contributed by atoms with Crippen molar-refractivity contribution in [1.29, 1.82) is 0 Å². The Kier molecular flexibility index (Phi) is 5.48. The summed E-state index contributed by atoms with van der Waals surface area (Å²) < 4.78 is 20.7. The average molecular weight is 429 g/mol. The minimum absolute atomic E-state index is 0.199. The Bertz CT molecular complexity index is 1270. The molecule has 0 spiro atoms. The predicted octanol–water partition coefficient (Wildman–Crippen LogP) is 6.00. The molecule has 4 aromatic rings. The fraction of sp³-hybridized carbons (Fsp3) is 0.259. The van der Waals surface area contributed by atoms with Crippen molar-refractivity contribution in [3.05, 3.63) is 95.1 Å². The molecule has 5 heteroatoms. The molecule has 3 aromatic carbocycles. The lowest BCUT2D eigenvalue weighted by Gasteiger charge is -2.25. The van der Waals surface area contributed by atoms with Crippen LogP contribution in [0.3, 0.4) is 0 Å². The van der Waals surface area contributed by atoms with E-state index >= 15 is 0 Å². The highest BCUT2D eigenvalue weighted by Gasteiger charge is 2.32. The Morgan fingerprint density at radius 2 is 1.88 bits per heavy atom. The van der Waals surface area contributed by atoms with Crippen molar-refractivity contribution >= 4 is 16.7 Å². The highest BCUT2D eigenvalue weighted by atomic mass is 19.1. The molecule has 0 radical (unpaired) electrons. The van der Waals surface area contributed by atoms with Crippen LogP contribution in [0, 0.1) is 5.82 Å². The molecule has 4 nitrogen and oxygen atoms in total. The molecular formula is C27H25FN2O2. The van der Waals surface area contributed by atoms with Gasteiger partial charge in [-0.15, -0.1) is 0 Å². The molecule has 0 saturated carbocycles. The van der Waals surface area contributed by atoms with E-state index in [0.717, 1.165) is 42.6 Å². The van der Waals surface area contributed by atoms with E-state index in [2.05, 4.69) is 47.6 Å². The smallest absolute Gasteiger partial charge is 0.359 e. The van der Waals surface area contributed by atoms with Crippen LogP contribution in [0.1, 0.15) is 53.0 Å². The average Bonchev–Trinajstić information content (AvgIpc) is 3.21. The number of hydrogen-bond acceptors (Lipinski definition) is 3. The molecule has 0 saturated heterocycles. The Labute approximate surface area is 186 Å². The molecule has 5 rings (SSSR count). The third-order valence-electron chi connectivity index (χ3n) is 6.28. The second kappa shape index (κ2) is 8.58. The molecule has 162 valence electrons. The first-order valence-corrected chi connectivity index (χ1v) is 11.2. The highest BCUT2D eigenvalue weighted by molar-refractivity contribution is 5.89. The summed E-state index contributed by atoms with van der Waals surface area (Å²) in [7, 11) is 0. The van der Waals surface area contributed by atoms with E-state index in [1.807, 2.05) is 4.68 Å². The van der Waals surface area contributed by atoms with Crippen molar-refractivity contribution in [2.24, 2.45) is 0 Å². The Morgan fingerprint density at radius 3 is 2.69 bits per heavy atom.